The van der Waals surface area contributed by atoms with E-state index in [0.29, 0.717) is 5.02 Å². The molecule has 21 heavy (non-hydrogen) atoms. The summed E-state index contributed by atoms with van der Waals surface area (Å²) in [6.07, 6.45) is 1.77. The number of nitrogens with zero attached hydrogens (tertiary/aromatic N) is 1. The number of rotatable bonds is 3. The van der Waals surface area contributed by atoms with Crippen molar-refractivity contribution in [2.75, 3.05) is 5.32 Å². The van der Waals surface area contributed by atoms with Crippen LogP contribution in [0.2, 0.25) is 5.02 Å². The summed E-state index contributed by atoms with van der Waals surface area (Å²) in [5.41, 5.74) is 5.75. The number of hydrogen-bond donors (Lipinski definition) is 1. The average Bonchev–Trinajstić information content (AvgIpc) is 2.46. The van der Waals surface area contributed by atoms with Gasteiger partial charge in [0.25, 0.3) is 0 Å². The molecule has 1 N–H and O–H groups in total. The Morgan fingerprint density at radius 2 is 1.81 bits per heavy atom. The minimum atomic E-state index is 0.683. The predicted octanol–water partition coefficient (Wildman–Crippen LogP) is 5.12. The van der Waals surface area contributed by atoms with E-state index in [0.717, 1.165) is 23.1 Å². The number of halogens is 1. The molecule has 0 saturated heterocycles. The smallest absolute Gasteiger partial charge is 0.0908 e. The van der Waals surface area contributed by atoms with Crippen LogP contribution >= 0.6 is 11.6 Å². The maximum absolute atomic E-state index is 6.20. The third-order valence-electron chi connectivity index (χ3n) is 3.48. The minimum Gasteiger partial charge on any atom is -0.380 e. The van der Waals surface area contributed by atoms with Crippen LogP contribution in [0.4, 0.5) is 5.69 Å². The lowest BCUT2D eigenvalue weighted by atomic mass is 10.1. The van der Waals surface area contributed by atoms with Gasteiger partial charge in [-0.25, -0.2) is 0 Å². The Hall–Kier alpha value is -2.06. The number of aromatic nitrogens is 1. The molecule has 0 aliphatic carbocycles. The molecule has 0 atom stereocenters. The summed E-state index contributed by atoms with van der Waals surface area (Å²) in [4.78, 5) is 4.35. The molecule has 0 spiro atoms. The number of benzene rings is 2. The minimum absolute atomic E-state index is 0.683. The zero-order valence-corrected chi connectivity index (χ0v) is 12.9. The first-order valence-electron chi connectivity index (χ1n) is 6.98. The van der Waals surface area contributed by atoms with Crippen molar-refractivity contribution in [2.45, 2.75) is 20.4 Å². The van der Waals surface area contributed by atoms with Crippen LogP contribution in [0.1, 0.15) is 16.7 Å². The molecule has 2 nitrogen and oxygen atoms in total. The Balaban J connectivity index is 1.90. The number of anilines is 1. The van der Waals surface area contributed by atoms with Crippen molar-refractivity contribution >= 4 is 28.2 Å². The van der Waals surface area contributed by atoms with Crippen molar-refractivity contribution in [3.8, 4) is 0 Å². The van der Waals surface area contributed by atoms with Crippen molar-refractivity contribution < 1.29 is 0 Å². The van der Waals surface area contributed by atoms with Gasteiger partial charge < -0.3 is 5.32 Å². The fraction of sp³-hybridized carbons (Fsp3) is 0.167. The zero-order valence-electron chi connectivity index (χ0n) is 12.2. The Kier molecular flexibility index (Phi) is 3.80. The van der Waals surface area contributed by atoms with Gasteiger partial charge in [0, 0.05) is 23.8 Å². The highest BCUT2D eigenvalue weighted by atomic mass is 35.5. The van der Waals surface area contributed by atoms with E-state index in [2.05, 4.69) is 42.3 Å². The summed E-state index contributed by atoms with van der Waals surface area (Å²) < 4.78 is 0. The van der Waals surface area contributed by atoms with Gasteiger partial charge in [-0.1, -0.05) is 40.9 Å². The maximum Gasteiger partial charge on any atom is 0.0908 e. The molecule has 0 bridgehead atoms. The molecule has 3 heteroatoms. The average molecular weight is 297 g/mol. The van der Waals surface area contributed by atoms with Gasteiger partial charge in [0.15, 0.2) is 0 Å². The largest absolute Gasteiger partial charge is 0.380 e. The second-order valence-electron chi connectivity index (χ2n) is 5.34. The molecule has 0 fully saturated rings. The van der Waals surface area contributed by atoms with E-state index < -0.39 is 0 Å². The summed E-state index contributed by atoms with van der Waals surface area (Å²) >= 11 is 6.20. The molecule has 0 aliphatic heterocycles. The van der Waals surface area contributed by atoms with E-state index in [1.807, 2.05) is 24.3 Å². The van der Waals surface area contributed by atoms with E-state index >= 15 is 0 Å². The van der Waals surface area contributed by atoms with Crippen LogP contribution in [0.5, 0.6) is 0 Å². The van der Waals surface area contributed by atoms with Gasteiger partial charge in [-0.15, -0.1) is 0 Å². The van der Waals surface area contributed by atoms with E-state index in [1.54, 1.807) is 6.20 Å². The monoisotopic (exact) mass is 296 g/mol. The Morgan fingerprint density at radius 1 is 1.05 bits per heavy atom. The van der Waals surface area contributed by atoms with Gasteiger partial charge in [-0.05, 0) is 43.7 Å². The van der Waals surface area contributed by atoms with Crippen molar-refractivity contribution in [3.63, 3.8) is 0 Å². The van der Waals surface area contributed by atoms with Crippen LogP contribution in [-0.4, -0.2) is 4.98 Å². The first-order valence-corrected chi connectivity index (χ1v) is 7.35. The van der Waals surface area contributed by atoms with Gasteiger partial charge in [0.1, 0.15) is 0 Å². The van der Waals surface area contributed by atoms with E-state index in [-0.39, 0.29) is 0 Å². The van der Waals surface area contributed by atoms with Gasteiger partial charge >= 0.3 is 0 Å². The summed E-state index contributed by atoms with van der Waals surface area (Å²) in [7, 11) is 0. The molecule has 0 aliphatic rings. The number of aryl methyl sites for hydroxylation is 2. The van der Waals surface area contributed by atoms with Crippen LogP contribution in [-0.2, 0) is 6.54 Å². The number of hydrogen-bond acceptors (Lipinski definition) is 2. The number of pyridine rings is 1. The molecule has 1 aromatic heterocycles. The quantitative estimate of drug-likeness (QED) is 0.726. The lowest BCUT2D eigenvalue weighted by Crippen LogP contribution is -2.01. The highest BCUT2D eigenvalue weighted by Crippen LogP contribution is 2.28. The van der Waals surface area contributed by atoms with Gasteiger partial charge in [-0.2, -0.15) is 0 Å². The molecule has 2 aromatic carbocycles. The normalized spacial score (nSPS) is 10.8. The van der Waals surface area contributed by atoms with E-state index in [4.69, 9.17) is 11.6 Å². The van der Waals surface area contributed by atoms with E-state index in [9.17, 15) is 0 Å². The Labute approximate surface area is 129 Å². The van der Waals surface area contributed by atoms with Crippen molar-refractivity contribution in [2.24, 2.45) is 0 Å². The molecule has 106 valence electrons. The van der Waals surface area contributed by atoms with Gasteiger partial charge in [0.2, 0.25) is 0 Å². The molecule has 3 aromatic rings. The summed E-state index contributed by atoms with van der Waals surface area (Å²) in [6.45, 7) is 5.03. The summed E-state index contributed by atoms with van der Waals surface area (Å²) in [6, 6.07) is 14.5. The Morgan fingerprint density at radius 3 is 2.57 bits per heavy atom. The van der Waals surface area contributed by atoms with Crippen molar-refractivity contribution in [1.29, 1.82) is 0 Å². The first kappa shape index (κ1) is 13.9. The molecule has 1 heterocycles. The second-order valence-corrected chi connectivity index (χ2v) is 5.75. The topological polar surface area (TPSA) is 24.9 Å². The standard InChI is InChI=1S/C18H17ClN2/c1-12-8-13(2)10-14(9-12)11-21-17-6-5-16(19)18-15(17)4-3-7-20-18/h3-10,21H,11H2,1-2H3. The van der Waals surface area contributed by atoms with Crippen molar-refractivity contribution in [3.05, 3.63) is 70.4 Å². The van der Waals surface area contributed by atoms with Crippen molar-refractivity contribution in [1.82, 2.24) is 4.98 Å². The van der Waals surface area contributed by atoms with E-state index in [1.165, 1.54) is 16.7 Å². The fourth-order valence-corrected chi connectivity index (χ4v) is 2.87. The lowest BCUT2D eigenvalue weighted by molar-refractivity contribution is 1.13. The van der Waals surface area contributed by atoms with Crippen LogP contribution < -0.4 is 5.32 Å². The third kappa shape index (κ3) is 3.01. The third-order valence-corrected chi connectivity index (χ3v) is 3.79. The first-order chi connectivity index (χ1) is 10.1. The highest BCUT2D eigenvalue weighted by Gasteiger charge is 2.05. The molecule has 0 amide bonds. The second kappa shape index (κ2) is 5.74. The molecule has 3 rings (SSSR count). The zero-order chi connectivity index (χ0) is 14.8. The van der Waals surface area contributed by atoms with Gasteiger partial charge in [-0.3, -0.25) is 4.98 Å². The fourth-order valence-electron chi connectivity index (χ4n) is 2.66. The van der Waals surface area contributed by atoms with Crippen LogP contribution in [0.3, 0.4) is 0 Å². The number of nitrogens with one attached hydrogen (secondary N) is 1. The molecule has 0 radical (unpaired) electrons. The SMILES string of the molecule is Cc1cc(C)cc(CNc2ccc(Cl)c3ncccc23)c1. The molecule has 0 saturated carbocycles. The molecular formula is C18H17ClN2. The lowest BCUT2D eigenvalue weighted by Gasteiger charge is -2.11. The van der Waals surface area contributed by atoms with Crippen LogP contribution in [0.25, 0.3) is 10.9 Å². The van der Waals surface area contributed by atoms with Crippen LogP contribution in [0, 0.1) is 13.8 Å². The highest BCUT2D eigenvalue weighted by molar-refractivity contribution is 6.35. The van der Waals surface area contributed by atoms with Gasteiger partial charge in [0.05, 0.1) is 10.5 Å². The summed E-state index contributed by atoms with van der Waals surface area (Å²) in [5.74, 6) is 0. The van der Waals surface area contributed by atoms with Crippen LogP contribution in [0.15, 0.2) is 48.7 Å². The molecule has 0 unspecified atom stereocenters. The summed E-state index contributed by atoms with van der Waals surface area (Å²) in [5, 5.41) is 5.22. The maximum atomic E-state index is 6.20. The molecular weight excluding hydrogens is 280 g/mol. The number of fused-ring (bicyclic) bond motifs is 1. The predicted molar refractivity (Wildman–Crippen MR) is 90.0 cm³/mol. The Bertz CT molecular complexity index is 776.